The average Bonchev–Trinajstić information content (AvgIpc) is 3.47. The van der Waals surface area contributed by atoms with E-state index in [1.54, 1.807) is 42.2 Å². The predicted octanol–water partition coefficient (Wildman–Crippen LogP) is 3.73. The summed E-state index contributed by atoms with van der Waals surface area (Å²) in [6.45, 7) is 2.50. The number of sulfonamides is 1. The van der Waals surface area contributed by atoms with Crippen LogP contribution in [0.1, 0.15) is 35.7 Å². The van der Waals surface area contributed by atoms with E-state index >= 15 is 0 Å². The lowest BCUT2D eigenvalue weighted by Crippen LogP contribution is -2.30. The molecule has 7 nitrogen and oxygen atoms in total. The Labute approximate surface area is 183 Å². The van der Waals surface area contributed by atoms with Crippen molar-refractivity contribution in [2.24, 2.45) is 5.92 Å². The van der Waals surface area contributed by atoms with Gasteiger partial charge in [-0.05, 0) is 78.0 Å². The molecule has 1 fully saturated rings. The van der Waals surface area contributed by atoms with Crippen LogP contribution >= 0.6 is 15.9 Å². The molecule has 0 spiro atoms. The highest BCUT2D eigenvalue weighted by atomic mass is 79.9. The van der Waals surface area contributed by atoms with Crippen LogP contribution in [0.3, 0.4) is 0 Å². The maximum Gasteiger partial charge on any atom is 0.338 e. The molecule has 1 N–H and O–H groups in total. The standard InChI is InChI=1S/C21H21BrN2O5S/c1-2-29-21(26)15-4-3-5-16(10-15)23-30(27,28)19-12-18-14(11-17(19)22)8-9-24(18)20(25)13-6-7-13/h3-5,10-13,23H,2,6-9H2,1H3. The molecule has 1 amide bonds. The van der Waals surface area contributed by atoms with Gasteiger partial charge in [-0.25, -0.2) is 13.2 Å². The number of esters is 1. The molecule has 9 heteroatoms. The summed E-state index contributed by atoms with van der Waals surface area (Å²) in [5.74, 6) is -0.399. The van der Waals surface area contributed by atoms with Crippen LogP contribution < -0.4 is 9.62 Å². The van der Waals surface area contributed by atoms with Gasteiger partial charge in [0.2, 0.25) is 5.91 Å². The molecule has 2 aliphatic rings. The fraction of sp³-hybridized carbons (Fsp3) is 0.333. The zero-order valence-electron chi connectivity index (χ0n) is 16.4. The molecule has 0 aromatic heterocycles. The maximum atomic E-state index is 13.1. The molecule has 158 valence electrons. The molecular formula is C21H21BrN2O5S. The summed E-state index contributed by atoms with van der Waals surface area (Å²) in [4.78, 5) is 26.2. The fourth-order valence-electron chi connectivity index (χ4n) is 3.51. The van der Waals surface area contributed by atoms with E-state index in [1.165, 1.54) is 6.07 Å². The van der Waals surface area contributed by atoms with Gasteiger partial charge in [0, 0.05) is 28.3 Å². The Bertz CT molecular complexity index is 1130. The number of nitrogens with zero attached hydrogens (tertiary/aromatic N) is 1. The van der Waals surface area contributed by atoms with Crippen molar-refractivity contribution in [2.75, 3.05) is 22.8 Å². The van der Waals surface area contributed by atoms with Gasteiger partial charge in [0.15, 0.2) is 0 Å². The van der Waals surface area contributed by atoms with Gasteiger partial charge in [-0.1, -0.05) is 6.07 Å². The van der Waals surface area contributed by atoms with Crippen LogP contribution in [-0.2, 0) is 26.0 Å². The maximum absolute atomic E-state index is 13.1. The lowest BCUT2D eigenvalue weighted by molar-refractivity contribution is -0.119. The van der Waals surface area contributed by atoms with Gasteiger partial charge in [-0.15, -0.1) is 0 Å². The number of benzene rings is 2. The van der Waals surface area contributed by atoms with Gasteiger partial charge in [-0.2, -0.15) is 0 Å². The van der Waals surface area contributed by atoms with Gasteiger partial charge < -0.3 is 9.64 Å². The Kier molecular flexibility index (Phi) is 5.59. The van der Waals surface area contributed by atoms with Crippen molar-refractivity contribution in [3.63, 3.8) is 0 Å². The summed E-state index contributed by atoms with van der Waals surface area (Å²) in [6.07, 6.45) is 2.48. The Morgan fingerprint density at radius 1 is 1.23 bits per heavy atom. The third-order valence-electron chi connectivity index (χ3n) is 5.14. The highest BCUT2D eigenvalue weighted by Gasteiger charge is 2.37. The van der Waals surface area contributed by atoms with E-state index in [1.807, 2.05) is 0 Å². The van der Waals surface area contributed by atoms with Gasteiger partial charge in [0.1, 0.15) is 4.90 Å². The van der Waals surface area contributed by atoms with Crippen molar-refractivity contribution >= 4 is 49.2 Å². The molecule has 2 aromatic carbocycles. The number of hydrogen-bond acceptors (Lipinski definition) is 5. The molecular weight excluding hydrogens is 472 g/mol. The average molecular weight is 493 g/mol. The lowest BCUT2D eigenvalue weighted by atomic mass is 10.2. The molecule has 1 aliphatic carbocycles. The van der Waals surface area contributed by atoms with Crippen LogP contribution in [0, 0.1) is 5.92 Å². The zero-order valence-corrected chi connectivity index (χ0v) is 18.8. The summed E-state index contributed by atoms with van der Waals surface area (Å²) >= 11 is 3.36. The fourth-order valence-corrected chi connectivity index (χ4v) is 5.67. The Balaban J connectivity index is 1.63. The number of rotatable bonds is 6. The smallest absolute Gasteiger partial charge is 0.338 e. The summed E-state index contributed by atoms with van der Waals surface area (Å²) in [6, 6.07) is 9.44. The topological polar surface area (TPSA) is 92.8 Å². The molecule has 4 rings (SSSR count). The second kappa shape index (κ2) is 8.03. The molecule has 0 atom stereocenters. The first-order valence-electron chi connectivity index (χ1n) is 9.74. The number of nitrogens with one attached hydrogen (secondary N) is 1. The largest absolute Gasteiger partial charge is 0.462 e. The number of ether oxygens (including phenoxy) is 1. The van der Waals surface area contributed by atoms with Crippen LogP contribution in [0.5, 0.6) is 0 Å². The van der Waals surface area contributed by atoms with E-state index in [9.17, 15) is 18.0 Å². The summed E-state index contributed by atoms with van der Waals surface area (Å²) in [5, 5.41) is 0. The number of halogens is 1. The summed E-state index contributed by atoms with van der Waals surface area (Å²) in [7, 11) is -3.96. The minimum Gasteiger partial charge on any atom is -0.462 e. The number of amides is 1. The molecule has 30 heavy (non-hydrogen) atoms. The molecule has 1 heterocycles. The van der Waals surface area contributed by atoms with E-state index in [-0.39, 0.29) is 34.6 Å². The molecule has 0 bridgehead atoms. The van der Waals surface area contributed by atoms with E-state index in [0.29, 0.717) is 23.1 Å². The predicted molar refractivity (Wildman–Crippen MR) is 116 cm³/mol. The zero-order chi connectivity index (χ0) is 21.5. The quantitative estimate of drug-likeness (QED) is 0.620. The molecule has 1 saturated carbocycles. The highest BCUT2D eigenvalue weighted by Crippen LogP contribution is 2.39. The number of anilines is 2. The van der Waals surface area contributed by atoms with E-state index in [2.05, 4.69) is 20.7 Å². The Morgan fingerprint density at radius 3 is 2.70 bits per heavy atom. The third-order valence-corrected chi connectivity index (χ3v) is 7.48. The minimum absolute atomic E-state index is 0.0401. The van der Waals surface area contributed by atoms with Crippen LogP contribution in [0.25, 0.3) is 0 Å². The first-order valence-corrected chi connectivity index (χ1v) is 12.0. The van der Waals surface area contributed by atoms with Crippen molar-refractivity contribution in [1.29, 1.82) is 0 Å². The van der Waals surface area contributed by atoms with Crippen LogP contribution in [0.15, 0.2) is 45.8 Å². The van der Waals surface area contributed by atoms with Crippen LogP contribution in [-0.4, -0.2) is 33.4 Å². The van der Waals surface area contributed by atoms with Gasteiger partial charge >= 0.3 is 5.97 Å². The lowest BCUT2D eigenvalue weighted by Gasteiger charge is -2.19. The highest BCUT2D eigenvalue weighted by molar-refractivity contribution is 9.10. The molecule has 0 unspecified atom stereocenters. The monoisotopic (exact) mass is 492 g/mol. The van der Waals surface area contributed by atoms with Crippen LogP contribution in [0.2, 0.25) is 0 Å². The van der Waals surface area contributed by atoms with Crippen molar-refractivity contribution in [3.8, 4) is 0 Å². The first-order chi connectivity index (χ1) is 14.3. The second-order valence-corrected chi connectivity index (χ2v) is 9.84. The summed E-state index contributed by atoms with van der Waals surface area (Å²) < 4.78 is 34.1. The van der Waals surface area contributed by atoms with Crippen LogP contribution in [0.4, 0.5) is 11.4 Å². The molecule has 0 saturated heterocycles. The number of carbonyl (C=O) groups is 2. The number of hydrogen-bond donors (Lipinski definition) is 1. The number of carbonyl (C=O) groups excluding carboxylic acids is 2. The third kappa shape index (κ3) is 4.09. The minimum atomic E-state index is -3.96. The van der Waals surface area contributed by atoms with Gasteiger partial charge in [0.25, 0.3) is 10.0 Å². The van der Waals surface area contributed by atoms with Gasteiger partial charge in [0.05, 0.1) is 12.2 Å². The van der Waals surface area contributed by atoms with E-state index in [0.717, 1.165) is 18.4 Å². The van der Waals surface area contributed by atoms with Crippen molar-refractivity contribution in [3.05, 3.63) is 52.0 Å². The molecule has 2 aromatic rings. The normalized spacial score (nSPS) is 15.6. The van der Waals surface area contributed by atoms with Gasteiger partial charge in [-0.3, -0.25) is 9.52 Å². The Hall–Kier alpha value is -2.39. The summed E-state index contributed by atoms with van der Waals surface area (Å²) in [5.41, 5.74) is 2.10. The Morgan fingerprint density at radius 2 is 2.00 bits per heavy atom. The first kappa shape index (κ1) is 20.9. The van der Waals surface area contributed by atoms with E-state index in [4.69, 9.17) is 4.74 Å². The molecule has 0 radical (unpaired) electrons. The van der Waals surface area contributed by atoms with E-state index < -0.39 is 16.0 Å². The van der Waals surface area contributed by atoms with Crippen molar-refractivity contribution in [2.45, 2.75) is 31.1 Å². The second-order valence-electron chi connectivity index (χ2n) is 7.33. The van der Waals surface area contributed by atoms with Crippen molar-refractivity contribution in [1.82, 2.24) is 0 Å². The van der Waals surface area contributed by atoms with Crippen molar-refractivity contribution < 1.29 is 22.7 Å². The SMILES string of the molecule is CCOC(=O)c1cccc(NS(=O)(=O)c2cc3c(cc2Br)CCN3C(=O)C2CC2)c1. The number of fused-ring (bicyclic) bond motifs is 1. The molecule has 1 aliphatic heterocycles.